The highest BCUT2D eigenvalue weighted by Crippen LogP contribution is 2.20. The molecule has 0 saturated carbocycles. The summed E-state index contributed by atoms with van der Waals surface area (Å²) in [5.74, 6) is -0.392. The molecule has 1 aromatic carbocycles. The van der Waals surface area contributed by atoms with E-state index in [1.54, 1.807) is 18.2 Å². The lowest BCUT2D eigenvalue weighted by Gasteiger charge is -2.07. The summed E-state index contributed by atoms with van der Waals surface area (Å²) in [6.07, 6.45) is 0. The molecular weight excluding hydrogens is 218 g/mol. The second kappa shape index (κ2) is 4.51. The summed E-state index contributed by atoms with van der Waals surface area (Å²) < 4.78 is 4.66. The maximum absolute atomic E-state index is 11.4. The van der Waals surface area contributed by atoms with Gasteiger partial charge in [0, 0.05) is 11.1 Å². The van der Waals surface area contributed by atoms with Crippen molar-refractivity contribution in [1.29, 1.82) is 0 Å². The molecule has 17 heavy (non-hydrogen) atoms. The van der Waals surface area contributed by atoms with Crippen molar-refractivity contribution in [3.8, 4) is 0 Å². The second-order valence-electron chi connectivity index (χ2n) is 3.80. The van der Waals surface area contributed by atoms with Crippen molar-refractivity contribution in [1.82, 2.24) is 4.98 Å². The number of carbonyl (C=O) groups is 1. The van der Waals surface area contributed by atoms with Crippen molar-refractivity contribution in [2.24, 2.45) is 0 Å². The van der Waals surface area contributed by atoms with E-state index in [9.17, 15) is 9.90 Å². The summed E-state index contributed by atoms with van der Waals surface area (Å²) in [7, 11) is 1.34. The van der Waals surface area contributed by atoms with Gasteiger partial charge in [-0.15, -0.1) is 0 Å². The van der Waals surface area contributed by atoms with Gasteiger partial charge in [-0.05, 0) is 36.8 Å². The van der Waals surface area contributed by atoms with Gasteiger partial charge in [-0.25, -0.2) is 4.79 Å². The summed E-state index contributed by atoms with van der Waals surface area (Å²) in [5, 5.41) is 10.1. The van der Waals surface area contributed by atoms with Crippen LogP contribution in [-0.2, 0) is 11.3 Å². The Morgan fingerprint density at radius 1 is 1.41 bits per heavy atom. The topological polar surface area (TPSA) is 59.4 Å². The van der Waals surface area contributed by atoms with Crippen molar-refractivity contribution in [2.45, 2.75) is 13.5 Å². The van der Waals surface area contributed by atoms with E-state index >= 15 is 0 Å². The van der Waals surface area contributed by atoms with E-state index in [-0.39, 0.29) is 6.61 Å². The number of pyridine rings is 1. The molecule has 1 aromatic heterocycles. The van der Waals surface area contributed by atoms with Crippen molar-refractivity contribution >= 4 is 16.9 Å². The predicted octanol–water partition coefficient (Wildman–Crippen LogP) is 1.82. The number of aromatic nitrogens is 1. The Kier molecular flexibility index (Phi) is 3.06. The number of aliphatic hydroxyl groups excluding tert-OH is 1. The minimum atomic E-state index is -0.392. The fourth-order valence-corrected chi connectivity index (χ4v) is 1.82. The summed E-state index contributed by atoms with van der Waals surface area (Å²) in [5.41, 5.74) is 2.83. The molecule has 0 spiro atoms. The van der Waals surface area contributed by atoms with Crippen LogP contribution in [0, 0.1) is 6.92 Å². The van der Waals surface area contributed by atoms with E-state index in [2.05, 4.69) is 9.72 Å². The third-order valence-corrected chi connectivity index (χ3v) is 2.61. The standard InChI is InChI=1S/C13H13NO3/c1-8-5-10(7-15)11-6-9(13(16)17-2)3-4-12(11)14-8/h3-6,15H,7H2,1-2H3. The molecular formula is C13H13NO3. The molecule has 0 atom stereocenters. The number of benzene rings is 1. The van der Waals surface area contributed by atoms with Crippen LogP contribution < -0.4 is 0 Å². The van der Waals surface area contributed by atoms with Gasteiger partial charge in [0.1, 0.15) is 0 Å². The molecule has 0 fully saturated rings. The van der Waals surface area contributed by atoms with Gasteiger partial charge in [-0.1, -0.05) is 0 Å². The van der Waals surface area contributed by atoms with E-state index in [1.165, 1.54) is 7.11 Å². The number of hydrogen-bond donors (Lipinski definition) is 1. The number of esters is 1. The molecule has 2 aromatic rings. The van der Waals surface area contributed by atoms with Crippen molar-refractivity contribution < 1.29 is 14.6 Å². The maximum Gasteiger partial charge on any atom is 0.337 e. The number of fused-ring (bicyclic) bond motifs is 1. The van der Waals surface area contributed by atoms with Crippen LogP contribution in [-0.4, -0.2) is 23.2 Å². The molecule has 2 rings (SSSR count). The molecule has 1 N–H and O–H groups in total. The van der Waals surface area contributed by atoms with Crippen LogP contribution in [0.3, 0.4) is 0 Å². The van der Waals surface area contributed by atoms with E-state index in [4.69, 9.17) is 0 Å². The average molecular weight is 231 g/mol. The van der Waals surface area contributed by atoms with Gasteiger partial charge in [0.2, 0.25) is 0 Å². The molecule has 4 nitrogen and oxygen atoms in total. The molecule has 0 aliphatic rings. The zero-order valence-corrected chi connectivity index (χ0v) is 9.73. The zero-order valence-electron chi connectivity index (χ0n) is 9.73. The van der Waals surface area contributed by atoms with E-state index in [0.717, 1.165) is 22.2 Å². The molecule has 4 heteroatoms. The first-order chi connectivity index (χ1) is 8.15. The maximum atomic E-state index is 11.4. The fourth-order valence-electron chi connectivity index (χ4n) is 1.82. The SMILES string of the molecule is COC(=O)c1ccc2nc(C)cc(CO)c2c1. The van der Waals surface area contributed by atoms with Gasteiger partial charge in [0.05, 0.1) is 24.8 Å². The Morgan fingerprint density at radius 3 is 2.82 bits per heavy atom. The fraction of sp³-hybridized carbons (Fsp3) is 0.231. The van der Waals surface area contributed by atoms with Crippen LogP contribution in [0.4, 0.5) is 0 Å². The number of rotatable bonds is 2. The van der Waals surface area contributed by atoms with E-state index in [0.29, 0.717) is 5.56 Å². The Labute approximate surface area is 98.9 Å². The van der Waals surface area contributed by atoms with Gasteiger partial charge < -0.3 is 9.84 Å². The highest BCUT2D eigenvalue weighted by atomic mass is 16.5. The average Bonchev–Trinajstić information content (AvgIpc) is 2.36. The van der Waals surface area contributed by atoms with Gasteiger partial charge in [0.25, 0.3) is 0 Å². The molecule has 0 aliphatic heterocycles. The first-order valence-electron chi connectivity index (χ1n) is 5.25. The zero-order chi connectivity index (χ0) is 12.4. The predicted molar refractivity (Wildman–Crippen MR) is 63.7 cm³/mol. The number of carbonyl (C=O) groups excluding carboxylic acids is 1. The van der Waals surface area contributed by atoms with E-state index in [1.807, 2.05) is 13.0 Å². The van der Waals surface area contributed by atoms with Crippen LogP contribution in [0.25, 0.3) is 10.9 Å². The number of methoxy groups -OCH3 is 1. The highest BCUT2D eigenvalue weighted by Gasteiger charge is 2.09. The Morgan fingerprint density at radius 2 is 2.18 bits per heavy atom. The molecule has 0 amide bonds. The molecule has 0 saturated heterocycles. The summed E-state index contributed by atoms with van der Waals surface area (Å²) in [4.78, 5) is 15.8. The lowest BCUT2D eigenvalue weighted by molar-refractivity contribution is 0.0601. The van der Waals surface area contributed by atoms with Crippen molar-refractivity contribution in [2.75, 3.05) is 7.11 Å². The number of ether oxygens (including phenoxy) is 1. The van der Waals surface area contributed by atoms with Gasteiger partial charge in [-0.2, -0.15) is 0 Å². The lowest BCUT2D eigenvalue weighted by atomic mass is 10.1. The summed E-state index contributed by atoms with van der Waals surface area (Å²) in [6, 6.07) is 6.93. The Hall–Kier alpha value is -1.94. The minimum absolute atomic E-state index is 0.0789. The number of aliphatic hydroxyl groups is 1. The summed E-state index contributed by atoms with van der Waals surface area (Å²) in [6.45, 7) is 1.79. The normalized spacial score (nSPS) is 10.5. The molecule has 0 unspecified atom stereocenters. The molecule has 0 bridgehead atoms. The van der Waals surface area contributed by atoms with Crippen molar-refractivity contribution in [3.63, 3.8) is 0 Å². The number of hydrogen-bond acceptors (Lipinski definition) is 4. The monoisotopic (exact) mass is 231 g/mol. The largest absolute Gasteiger partial charge is 0.465 e. The lowest BCUT2D eigenvalue weighted by Crippen LogP contribution is -2.02. The Balaban J connectivity index is 2.67. The van der Waals surface area contributed by atoms with Gasteiger partial charge in [-0.3, -0.25) is 4.98 Å². The third kappa shape index (κ3) is 2.12. The minimum Gasteiger partial charge on any atom is -0.465 e. The molecule has 1 heterocycles. The highest BCUT2D eigenvalue weighted by molar-refractivity contribution is 5.95. The Bertz CT molecular complexity index is 578. The third-order valence-electron chi connectivity index (χ3n) is 2.61. The van der Waals surface area contributed by atoms with Crippen LogP contribution in [0.2, 0.25) is 0 Å². The van der Waals surface area contributed by atoms with Crippen LogP contribution in [0.5, 0.6) is 0 Å². The number of nitrogens with zero attached hydrogens (tertiary/aromatic N) is 1. The first-order valence-corrected chi connectivity index (χ1v) is 5.25. The quantitative estimate of drug-likeness (QED) is 0.801. The van der Waals surface area contributed by atoms with E-state index < -0.39 is 5.97 Å². The van der Waals surface area contributed by atoms with Crippen LogP contribution in [0.15, 0.2) is 24.3 Å². The van der Waals surface area contributed by atoms with Gasteiger partial charge >= 0.3 is 5.97 Å². The van der Waals surface area contributed by atoms with Crippen LogP contribution >= 0.6 is 0 Å². The smallest absolute Gasteiger partial charge is 0.337 e. The number of aryl methyl sites for hydroxylation is 1. The summed E-state index contributed by atoms with van der Waals surface area (Å²) >= 11 is 0. The van der Waals surface area contributed by atoms with Crippen molar-refractivity contribution in [3.05, 3.63) is 41.1 Å². The van der Waals surface area contributed by atoms with Gasteiger partial charge in [0.15, 0.2) is 0 Å². The van der Waals surface area contributed by atoms with Crippen LogP contribution in [0.1, 0.15) is 21.6 Å². The molecule has 0 radical (unpaired) electrons. The second-order valence-corrected chi connectivity index (χ2v) is 3.80. The first kappa shape index (κ1) is 11.5. The molecule has 88 valence electrons. The molecule has 0 aliphatic carbocycles.